The Bertz CT molecular complexity index is 392. The lowest BCUT2D eigenvalue weighted by Gasteiger charge is -2.18. The summed E-state index contributed by atoms with van der Waals surface area (Å²) < 4.78 is 0. The number of nitrogens with zero attached hydrogens (tertiary/aromatic N) is 1. The monoisotopic (exact) mass is 251 g/mol. The Morgan fingerprint density at radius 3 is 2.11 bits per heavy atom. The molecule has 3 aliphatic rings. The van der Waals surface area contributed by atoms with Crippen molar-refractivity contribution in [2.75, 3.05) is 13.1 Å². The van der Waals surface area contributed by atoms with E-state index in [2.05, 4.69) is 0 Å². The third-order valence-corrected chi connectivity index (χ3v) is 5.40. The fourth-order valence-electron chi connectivity index (χ4n) is 4.17. The first-order valence-corrected chi connectivity index (χ1v) is 6.94. The normalized spacial score (nSPS) is 40.7. The molecular weight excluding hydrogens is 230 g/mol. The minimum atomic E-state index is -0.822. The van der Waals surface area contributed by atoms with Crippen LogP contribution in [0.25, 0.3) is 0 Å². The van der Waals surface area contributed by atoms with Crippen LogP contribution in [0, 0.1) is 29.1 Å². The van der Waals surface area contributed by atoms with Crippen LogP contribution < -0.4 is 0 Å². The molecule has 2 aliphatic carbocycles. The van der Waals surface area contributed by atoms with Gasteiger partial charge in [0.25, 0.3) is 0 Å². The number of carbonyl (C=O) groups excluding carboxylic acids is 1. The number of aliphatic carboxylic acids is 1. The first-order chi connectivity index (χ1) is 8.43. The summed E-state index contributed by atoms with van der Waals surface area (Å²) in [4.78, 5) is 25.5. The van der Waals surface area contributed by atoms with Gasteiger partial charge in [-0.05, 0) is 30.1 Å². The molecule has 100 valence electrons. The van der Waals surface area contributed by atoms with E-state index >= 15 is 0 Å². The second kappa shape index (κ2) is 3.72. The van der Waals surface area contributed by atoms with Gasteiger partial charge in [-0.1, -0.05) is 20.3 Å². The fourth-order valence-corrected chi connectivity index (χ4v) is 4.17. The maximum atomic E-state index is 12.4. The number of carboxylic acid groups (broad SMARTS) is 1. The quantitative estimate of drug-likeness (QED) is 0.811. The summed E-state index contributed by atoms with van der Waals surface area (Å²) >= 11 is 0. The average molecular weight is 251 g/mol. The first-order valence-electron chi connectivity index (χ1n) is 6.94. The van der Waals surface area contributed by atoms with E-state index in [4.69, 9.17) is 5.11 Å². The maximum Gasteiger partial charge on any atom is 0.307 e. The van der Waals surface area contributed by atoms with Gasteiger partial charge < -0.3 is 10.0 Å². The Hall–Kier alpha value is -1.06. The van der Waals surface area contributed by atoms with Gasteiger partial charge in [0.05, 0.1) is 11.8 Å². The first kappa shape index (κ1) is 12.0. The molecule has 2 saturated carbocycles. The van der Waals surface area contributed by atoms with Gasteiger partial charge in [0.15, 0.2) is 0 Å². The van der Waals surface area contributed by atoms with Crippen LogP contribution in [0.5, 0.6) is 0 Å². The molecule has 2 unspecified atom stereocenters. The van der Waals surface area contributed by atoms with Gasteiger partial charge in [0, 0.05) is 13.1 Å². The molecule has 4 nitrogen and oxygen atoms in total. The molecule has 0 aromatic carbocycles. The van der Waals surface area contributed by atoms with Crippen molar-refractivity contribution in [3.05, 3.63) is 0 Å². The van der Waals surface area contributed by atoms with Gasteiger partial charge in [-0.15, -0.1) is 0 Å². The number of hydrogen-bond donors (Lipinski definition) is 1. The standard InChI is InChI=1S/C14H21NO3/c1-14(2)10(11(14)13(17)18)12(16)15-6-8-4-3-5-9(8)7-15/h8-11H,3-7H2,1-2H3,(H,17,18)/t8?,9?,10-,11+/m1/s1. The van der Waals surface area contributed by atoms with E-state index in [1.54, 1.807) is 0 Å². The highest BCUT2D eigenvalue weighted by Crippen LogP contribution is 2.59. The molecule has 0 radical (unpaired) electrons. The molecule has 0 aromatic heterocycles. The molecule has 3 fully saturated rings. The van der Waals surface area contributed by atoms with E-state index in [0.29, 0.717) is 11.8 Å². The molecule has 4 heteroatoms. The van der Waals surface area contributed by atoms with E-state index in [1.807, 2.05) is 18.7 Å². The summed E-state index contributed by atoms with van der Waals surface area (Å²) in [6, 6.07) is 0. The second-order valence-electron chi connectivity index (χ2n) is 6.81. The van der Waals surface area contributed by atoms with Crippen molar-refractivity contribution >= 4 is 11.9 Å². The smallest absolute Gasteiger partial charge is 0.307 e. The molecule has 0 aromatic rings. The van der Waals surface area contributed by atoms with Crippen molar-refractivity contribution < 1.29 is 14.7 Å². The summed E-state index contributed by atoms with van der Waals surface area (Å²) in [5.41, 5.74) is -0.360. The number of likely N-dealkylation sites (tertiary alicyclic amines) is 1. The predicted octanol–water partition coefficient (Wildman–Crippen LogP) is 1.60. The molecule has 1 amide bonds. The van der Waals surface area contributed by atoms with Crippen molar-refractivity contribution in [2.45, 2.75) is 33.1 Å². The van der Waals surface area contributed by atoms with Crippen molar-refractivity contribution in [1.82, 2.24) is 4.90 Å². The fraction of sp³-hybridized carbons (Fsp3) is 0.857. The Morgan fingerprint density at radius 1 is 1.11 bits per heavy atom. The average Bonchev–Trinajstić information content (AvgIpc) is 2.65. The highest BCUT2D eigenvalue weighted by Gasteiger charge is 2.67. The number of fused-ring (bicyclic) bond motifs is 1. The van der Waals surface area contributed by atoms with E-state index in [0.717, 1.165) is 13.1 Å². The maximum absolute atomic E-state index is 12.4. The number of carboxylic acids is 1. The van der Waals surface area contributed by atoms with Gasteiger partial charge in [-0.3, -0.25) is 9.59 Å². The third-order valence-electron chi connectivity index (χ3n) is 5.40. The number of hydrogen-bond acceptors (Lipinski definition) is 2. The van der Waals surface area contributed by atoms with Gasteiger partial charge in [-0.2, -0.15) is 0 Å². The molecule has 1 saturated heterocycles. The van der Waals surface area contributed by atoms with Gasteiger partial charge in [-0.25, -0.2) is 0 Å². The summed E-state index contributed by atoms with van der Waals surface area (Å²) in [5, 5.41) is 9.14. The van der Waals surface area contributed by atoms with Crippen LogP contribution in [0.1, 0.15) is 33.1 Å². The van der Waals surface area contributed by atoms with Gasteiger partial charge in [0.1, 0.15) is 0 Å². The Labute approximate surface area is 107 Å². The van der Waals surface area contributed by atoms with Crippen LogP contribution in [0.2, 0.25) is 0 Å². The summed E-state index contributed by atoms with van der Waals surface area (Å²) in [6.45, 7) is 5.52. The molecule has 18 heavy (non-hydrogen) atoms. The van der Waals surface area contributed by atoms with E-state index in [1.165, 1.54) is 19.3 Å². The topological polar surface area (TPSA) is 57.6 Å². The largest absolute Gasteiger partial charge is 0.481 e. The zero-order valence-corrected chi connectivity index (χ0v) is 11.1. The highest BCUT2D eigenvalue weighted by atomic mass is 16.4. The second-order valence-corrected chi connectivity index (χ2v) is 6.81. The number of amides is 1. The lowest BCUT2D eigenvalue weighted by atomic mass is 10.0. The summed E-state index contributed by atoms with van der Waals surface area (Å²) in [7, 11) is 0. The molecule has 1 aliphatic heterocycles. The molecule has 0 bridgehead atoms. The minimum Gasteiger partial charge on any atom is -0.481 e. The molecule has 4 atom stereocenters. The molecular formula is C14H21NO3. The van der Waals surface area contributed by atoms with Crippen LogP contribution in [-0.4, -0.2) is 35.0 Å². The van der Waals surface area contributed by atoms with E-state index < -0.39 is 11.9 Å². The Balaban J connectivity index is 1.68. The molecule has 0 spiro atoms. The van der Waals surface area contributed by atoms with Gasteiger partial charge in [0.2, 0.25) is 5.91 Å². The lowest BCUT2D eigenvalue weighted by Crippen LogP contribution is -2.32. The van der Waals surface area contributed by atoms with Crippen LogP contribution >= 0.6 is 0 Å². The zero-order chi connectivity index (χ0) is 13.1. The minimum absolute atomic E-state index is 0.0850. The van der Waals surface area contributed by atoms with Crippen LogP contribution in [0.3, 0.4) is 0 Å². The van der Waals surface area contributed by atoms with Crippen molar-refractivity contribution in [3.63, 3.8) is 0 Å². The predicted molar refractivity (Wildman–Crippen MR) is 65.8 cm³/mol. The Morgan fingerprint density at radius 2 is 1.67 bits per heavy atom. The third kappa shape index (κ3) is 1.57. The van der Waals surface area contributed by atoms with Gasteiger partial charge >= 0.3 is 5.97 Å². The van der Waals surface area contributed by atoms with Crippen molar-refractivity contribution in [2.24, 2.45) is 29.1 Å². The summed E-state index contributed by atoms with van der Waals surface area (Å²) in [6.07, 6.45) is 3.78. The number of rotatable bonds is 2. The molecule has 3 rings (SSSR count). The van der Waals surface area contributed by atoms with Crippen LogP contribution in [0.4, 0.5) is 0 Å². The number of carbonyl (C=O) groups is 2. The SMILES string of the molecule is CC1(C)[C@H](C(=O)O)[C@@H]1C(=O)N1CC2CCCC2C1. The van der Waals surface area contributed by atoms with E-state index in [9.17, 15) is 9.59 Å². The van der Waals surface area contributed by atoms with Crippen molar-refractivity contribution in [1.29, 1.82) is 0 Å². The molecule has 1 heterocycles. The van der Waals surface area contributed by atoms with Crippen LogP contribution in [0.15, 0.2) is 0 Å². The van der Waals surface area contributed by atoms with Crippen molar-refractivity contribution in [3.8, 4) is 0 Å². The van der Waals surface area contributed by atoms with E-state index in [-0.39, 0.29) is 17.2 Å². The zero-order valence-electron chi connectivity index (χ0n) is 11.1. The lowest BCUT2D eigenvalue weighted by molar-refractivity contribution is -0.141. The Kier molecular flexibility index (Phi) is 2.48. The molecule has 1 N–H and O–H groups in total. The highest BCUT2D eigenvalue weighted by molar-refractivity contribution is 5.91. The van der Waals surface area contributed by atoms with Crippen LogP contribution in [-0.2, 0) is 9.59 Å². The summed E-state index contributed by atoms with van der Waals surface area (Å²) in [5.74, 6) is -0.156.